The van der Waals surface area contributed by atoms with Crippen molar-refractivity contribution in [1.82, 2.24) is 10.3 Å². The number of hydrogen-bond acceptors (Lipinski definition) is 4. The molecule has 1 aromatic heterocycles. The summed E-state index contributed by atoms with van der Waals surface area (Å²) in [6.45, 7) is 10.8. The van der Waals surface area contributed by atoms with Gasteiger partial charge < -0.3 is 10.4 Å². The summed E-state index contributed by atoms with van der Waals surface area (Å²) in [5.41, 5.74) is -0.274. The highest BCUT2D eigenvalue weighted by Gasteiger charge is 2.23. The zero-order valence-corrected chi connectivity index (χ0v) is 11.6. The van der Waals surface area contributed by atoms with Crippen molar-refractivity contribution in [2.24, 2.45) is 0 Å². The van der Waals surface area contributed by atoms with Gasteiger partial charge in [0.25, 0.3) is 0 Å². The van der Waals surface area contributed by atoms with Crippen LogP contribution >= 0.6 is 11.3 Å². The summed E-state index contributed by atoms with van der Waals surface area (Å²) >= 11 is 1.74. The molecule has 1 aromatic rings. The first kappa shape index (κ1) is 13.6. The minimum atomic E-state index is -0.378. The second-order valence-corrected chi connectivity index (χ2v) is 6.21. The van der Waals surface area contributed by atoms with Gasteiger partial charge in [0.15, 0.2) is 0 Å². The zero-order valence-electron chi connectivity index (χ0n) is 10.7. The number of thiazole rings is 1. The second kappa shape index (κ2) is 5.25. The normalized spacial score (nSPS) is 14.4. The Kier molecular flexibility index (Phi) is 4.47. The Morgan fingerprint density at radius 2 is 2.06 bits per heavy atom. The van der Waals surface area contributed by atoms with E-state index in [-0.39, 0.29) is 11.6 Å². The fourth-order valence-corrected chi connectivity index (χ4v) is 1.99. The van der Waals surface area contributed by atoms with E-state index in [1.54, 1.807) is 18.3 Å². The molecule has 0 aliphatic heterocycles. The highest BCUT2D eigenvalue weighted by molar-refractivity contribution is 7.11. The van der Waals surface area contributed by atoms with E-state index in [1.165, 1.54) is 4.88 Å². The number of nitrogens with zero attached hydrogens (tertiary/aromatic N) is 1. The first-order chi connectivity index (χ1) is 7.33. The lowest BCUT2D eigenvalue weighted by Gasteiger charge is -2.29. The first-order valence-electron chi connectivity index (χ1n) is 5.70. The number of hydrogen-bond donors (Lipinski definition) is 2. The highest BCUT2D eigenvalue weighted by Crippen LogP contribution is 2.22. The number of nitrogens with one attached hydrogen (secondary N) is 1. The average molecular weight is 242 g/mol. The summed E-state index contributed by atoms with van der Waals surface area (Å²) in [6.07, 6.45) is 1.57. The van der Waals surface area contributed by atoms with Crippen LogP contribution in [0.5, 0.6) is 0 Å². The molecule has 0 saturated heterocycles. The highest BCUT2D eigenvalue weighted by atomic mass is 32.1. The van der Waals surface area contributed by atoms with E-state index in [9.17, 15) is 5.11 Å². The quantitative estimate of drug-likeness (QED) is 0.834. The van der Waals surface area contributed by atoms with Gasteiger partial charge in [0.1, 0.15) is 5.01 Å². The van der Waals surface area contributed by atoms with E-state index in [0.717, 1.165) is 11.6 Å². The molecule has 0 fully saturated rings. The Morgan fingerprint density at radius 1 is 1.44 bits per heavy atom. The summed E-state index contributed by atoms with van der Waals surface area (Å²) in [7, 11) is 0. The van der Waals surface area contributed by atoms with Gasteiger partial charge in [-0.3, -0.25) is 0 Å². The standard InChI is InChI=1S/C12H22N2OS/c1-8(2)10-6-13-11(16-10)7-14-12(4,5)9(3)15/h6,8-9,14-15H,7H2,1-5H3. The number of aliphatic hydroxyl groups is 1. The van der Waals surface area contributed by atoms with Gasteiger partial charge >= 0.3 is 0 Å². The lowest BCUT2D eigenvalue weighted by atomic mass is 9.99. The molecule has 3 nitrogen and oxygen atoms in total. The van der Waals surface area contributed by atoms with Crippen LogP contribution < -0.4 is 5.32 Å². The zero-order chi connectivity index (χ0) is 12.3. The molecule has 0 aromatic carbocycles. The number of aromatic nitrogens is 1. The third-order valence-electron chi connectivity index (χ3n) is 2.88. The van der Waals surface area contributed by atoms with Crippen LogP contribution in [0, 0.1) is 0 Å². The monoisotopic (exact) mass is 242 g/mol. The topological polar surface area (TPSA) is 45.2 Å². The van der Waals surface area contributed by atoms with E-state index in [1.807, 2.05) is 20.0 Å². The van der Waals surface area contributed by atoms with Gasteiger partial charge in [-0.25, -0.2) is 4.98 Å². The Morgan fingerprint density at radius 3 is 2.50 bits per heavy atom. The molecule has 0 radical (unpaired) electrons. The van der Waals surface area contributed by atoms with Gasteiger partial charge in [-0.15, -0.1) is 11.3 Å². The van der Waals surface area contributed by atoms with Gasteiger partial charge in [0, 0.05) is 23.2 Å². The van der Waals surface area contributed by atoms with Crippen molar-refractivity contribution in [3.63, 3.8) is 0 Å². The van der Waals surface area contributed by atoms with Crippen molar-refractivity contribution in [2.75, 3.05) is 0 Å². The molecular formula is C12H22N2OS. The lowest BCUT2D eigenvalue weighted by Crippen LogP contribution is -2.47. The minimum absolute atomic E-state index is 0.274. The van der Waals surface area contributed by atoms with E-state index in [0.29, 0.717) is 5.92 Å². The van der Waals surface area contributed by atoms with Gasteiger partial charge in [-0.2, -0.15) is 0 Å². The summed E-state index contributed by atoms with van der Waals surface area (Å²) in [5, 5.41) is 14.0. The maximum Gasteiger partial charge on any atom is 0.107 e. The van der Waals surface area contributed by atoms with Crippen molar-refractivity contribution in [1.29, 1.82) is 0 Å². The van der Waals surface area contributed by atoms with E-state index >= 15 is 0 Å². The van der Waals surface area contributed by atoms with Gasteiger partial charge in [-0.05, 0) is 26.7 Å². The molecule has 1 heterocycles. The van der Waals surface area contributed by atoms with Crippen molar-refractivity contribution in [2.45, 2.75) is 58.7 Å². The van der Waals surface area contributed by atoms with Crippen LogP contribution in [0.1, 0.15) is 50.4 Å². The van der Waals surface area contributed by atoms with Gasteiger partial charge in [0.05, 0.1) is 6.10 Å². The molecular weight excluding hydrogens is 220 g/mol. The van der Waals surface area contributed by atoms with Crippen LogP contribution in [0.2, 0.25) is 0 Å². The minimum Gasteiger partial charge on any atom is -0.392 e. The third kappa shape index (κ3) is 3.54. The number of aliphatic hydroxyl groups excluding tert-OH is 1. The fourth-order valence-electron chi connectivity index (χ4n) is 1.12. The molecule has 1 atom stereocenters. The summed E-state index contributed by atoms with van der Waals surface area (Å²) < 4.78 is 0. The molecule has 0 aliphatic carbocycles. The molecule has 0 saturated carbocycles. The first-order valence-corrected chi connectivity index (χ1v) is 6.52. The van der Waals surface area contributed by atoms with Crippen LogP contribution in [-0.4, -0.2) is 21.7 Å². The summed E-state index contributed by atoms with van der Waals surface area (Å²) in [4.78, 5) is 5.69. The van der Waals surface area contributed by atoms with Crippen LogP contribution in [0.15, 0.2) is 6.20 Å². The molecule has 1 rings (SSSR count). The Hall–Kier alpha value is -0.450. The maximum atomic E-state index is 9.57. The molecule has 1 unspecified atom stereocenters. The molecule has 0 spiro atoms. The second-order valence-electron chi connectivity index (χ2n) is 5.06. The predicted molar refractivity (Wildman–Crippen MR) is 68.8 cm³/mol. The largest absolute Gasteiger partial charge is 0.392 e. The molecule has 0 amide bonds. The summed E-state index contributed by atoms with van der Waals surface area (Å²) in [6, 6.07) is 0. The molecule has 16 heavy (non-hydrogen) atoms. The Balaban J connectivity index is 2.55. The van der Waals surface area contributed by atoms with Gasteiger partial charge in [-0.1, -0.05) is 13.8 Å². The lowest BCUT2D eigenvalue weighted by molar-refractivity contribution is 0.0956. The molecule has 0 bridgehead atoms. The van der Waals surface area contributed by atoms with Crippen molar-refractivity contribution >= 4 is 11.3 Å². The Bertz CT molecular complexity index is 332. The van der Waals surface area contributed by atoms with E-state index in [4.69, 9.17) is 0 Å². The fraction of sp³-hybridized carbons (Fsp3) is 0.750. The van der Waals surface area contributed by atoms with E-state index < -0.39 is 0 Å². The van der Waals surface area contributed by atoms with Crippen LogP contribution in [0.4, 0.5) is 0 Å². The average Bonchev–Trinajstić information content (AvgIpc) is 2.63. The number of rotatable bonds is 5. The van der Waals surface area contributed by atoms with Crippen molar-refractivity contribution in [3.8, 4) is 0 Å². The predicted octanol–water partition coefficient (Wildman–Crippen LogP) is 2.52. The van der Waals surface area contributed by atoms with Crippen molar-refractivity contribution in [3.05, 3.63) is 16.1 Å². The smallest absolute Gasteiger partial charge is 0.107 e. The third-order valence-corrected chi connectivity index (χ3v) is 4.18. The molecule has 92 valence electrons. The molecule has 4 heteroatoms. The maximum absolute atomic E-state index is 9.57. The SMILES string of the molecule is CC(C)c1cnc(CNC(C)(C)C(C)O)s1. The van der Waals surface area contributed by atoms with Crippen LogP contribution in [-0.2, 0) is 6.54 Å². The Labute approximate surface area is 102 Å². The van der Waals surface area contributed by atoms with Crippen LogP contribution in [0.25, 0.3) is 0 Å². The molecule has 0 aliphatic rings. The van der Waals surface area contributed by atoms with E-state index in [2.05, 4.69) is 24.1 Å². The molecule has 2 N–H and O–H groups in total. The van der Waals surface area contributed by atoms with Gasteiger partial charge in [0.2, 0.25) is 0 Å². The van der Waals surface area contributed by atoms with Crippen molar-refractivity contribution < 1.29 is 5.11 Å². The summed E-state index contributed by atoms with van der Waals surface area (Å²) in [5.74, 6) is 0.538. The van der Waals surface area contributed by atoms with Crippen LogP contribution in [0.3, 0.4) is 0 Å².